The molecule has 0 saturated heterocycles. The third-order valence-corrected chi connectivity index (χ3v) is 12.5. The molecule has 70 heavy (non-hydrogen) atoms. The minimum Gasteiger partial charge on any atom is -0.481 e. The molecule has 1 heterocycles. The van der Waals surface area contributed by atoms with E-state index in [2.05, 4.69) is 31.6 Å². The molecule has 1 aliphatic rings. The van der Waals surface area contributed by atoms with Crippen LogP contribution in [0.25, 0.3) is 6.08 Å². The van der Waals surface area contributed by atoms with Gasteiger partial charge in [-0.1, -0.05) is 86.8 Å². The molecule has 0 radical (unpaired) electrons. The molecule has 0 bridgehead atoms. The average molecular weight is 957 g/mol. The number of benzene rings is 3. The molecule has 1 aromatic heterocycles. The van der Waals surface area contributed by atoms with Crippen molar-refractivity contribution in [1.29, 1.82) is 0 Å². The number of aliphatic carboxylic acids is 2. The number of pyridine rings is 1. The molecule has 3 atom stereocenters. The summed E-state index contributed by atoms with van der Waals surface area (Å²) in [4.78, 5) is 110. The minimum absolute atomic E-state index is 0.0283. The standard InChI is InChI=1S/C54H64N6O10/c1-3-4-18-46(51(67)68)59-52(69)54(32-40-16-6-7-17-41(40)33-54)34-47(62)45(20-11-21-49(64)65)58-50(66)39(15-9-10-29-56-48(63)27-24-38-14-12-28-55-35-38)31-43(61)30-37-22-25-42(26-23-37)57-53(70)60-44-19-8-5-13-36(44)2/h5-8,12-14,16-17,19,22-28,35,39,45-46H,3-4,9-11,15,18,20-21,29-34H2,1-2H3,(H,56,63)(H,58,66)(H,59,69)(H,64,65)(H,67,68)(H2,57,60,70)/b27-24+/t39-,45+,46+/m1/s1. The number of aromatic nitrogens is 1. The number of carboxylic acids is 2. The Hall–Kier alpha value is -7.49. The highest BCUT2D eigenvalue weighted by atomic mass is 16.4. The Morgan fingerprint density at radius 1 is 0.757 bits per heavy atom. The van der Waals surface area contributed by atoms with Crippen LogP contribution in [-0.2, 0) is 52.8 Å². The van der Waals surface area contributed by atoms with Crippen LogP contribution in [0.3, 0.4) is 0 Å². The van der Waals surface area contributed by atoms with Gasteiger partial charge >= 0.3 is 18.0 Å². The highest BCUT2D eigenvalue weighted by Crippen LogP contribution is 2.41. The number of ketones is 2. The lowest BCUT2D eigenvalue weighted by atomic mass is 9.77. The van der Waals surface area contributed by atoms with Crippen LogP contribution in [-0.4, -0.2) is 81.1 Å². The summed E-state index contributed by atoms with van der Waals surface area (Å²) >= 11 is 0. The number of nitrogens with one attached hydrogen (secondary N) is 5. The Morgan fingerprint density at radius 3 is 2.11 bits per heavy atom. The van der Waals surface area contributed by atoms with Gasteiger partial charge in [-0.15, -0.1) is 0 Å². The average Bonchev–Trinajstić information content (AvgIpc) is 3.72. The summed E-state index contributed by atoms with van der Waals surface area (Å²) in [7, 11) is 0. The van der Waals surface area contributed by atoms with E-state index in [1.54, 1.807) is 54.9 Å². The summed E-state index contributed by atoms with van der Waals surface area (Å²) in [6.45, 7) is 4.07. The first-order valence-electron chi connectivity index (χ1n) is 23.9. The van der Waals surface area contributed by atoms with Gasteiger partial charge in [0.25, 0.3) is 0 Å². The lowest BCUT2D eigenvalue weighted by molar-refractivity contribution is -0.145. The van der Waals surface area contributed by atoms with E-state index in [0.29, 0.717) is 42.6 Å². The SMILES string of the molecule is CCCC[C@H](NC(=O)C1(CC(=O)[C@H](CCCC(=O)O)NC(=O)[C@H](CCCCNC(=O)/C=C/c2cccnc2)CC(=O)Cc2ccc(NC(=O)Nc3ccccc3C)cc2)Cc2ccccc2C1)C(=O)O. The highest BCUT2D eigenvalue weighted by Gasteiger charge is 2.47. The highest BCUT2D eigenvalue weighted by molar-refractivity contribution is 6.00. The van der Waals surface area contributed by atoms with Gasteiger partial charge in [0.15, 0.2) is 5.78 Å². The van der Waals surface area contributed by atoms with Crippen LogP contribution < -0.4 is 26.6 Å². The molecule has 0 unspecified atom stereocenters. The van der Waals surface area contributed by atoms with E-state index in [0.717, 1.165) is 22.3 Å². The second kappa shape index (κ2) is 26.9. The van der Waals surface area contributed by atoms with Crippen LogP contribution in [0.2, 0.25) is 0 Å². The van der Waals surface area contributed by atoms with Gasteiger partial charge < -0.3 is 36.8 Å². The number of urea groups is 1. The molecule has 7 N–H and O–H groups in total. The summed E-state index contributed by atoms with van der Waals surface area (Å²) in [5, 5.41) is 33.4. The maximum Gasteiger partial charge on any atom is 0.326 e. The quantitative estimate of drug-likeness (QED) is 0.0218. The number of anilines is 2. The van der Waals surface area contributed by atoms with Gasteiger partial charge in [-0.3, -0.25) is 33.8 Å². The largest absolute Gasteiger partial charge is 0.481 e. The van der Waals surface area contributed by atoms with E-state index >= 15 is 0 Å². The maximum absolute atomic E-state index is 14.6. The maximum atomic E-state index is 14.6. The smallest absolute Gasteiger partial charge is 0.326 e. The minimum atomic E-state index is -1.38. The Balaban J connectivity index is 1.30. The number of nitrogens with zero attached hydrogens (tertiary/aromatic N) is 1. The third kappa shape index (κ3) is 16.9. The van der Waals surface area contributed by atoms with Crippen LogP contribution >= 0.6 is 0 Å². The number of hydrogen-bond acceptors (Lipinski definition) is 9. The number of hydrogen-bond donors (Lipinski definition) is 7. The van der Waals surface area contributed by atoms with E-state index < -0.39 is 59.0 Å². The first-order chi connectivity index (χ1) is 33.6. The first kappa shape index (κ1) is 53.5. The molecule has 16 heteroatoms. The van der Waals surface area contributed by atoms with Crippen molar-refractivity contribution >= 4 is 64.7 Å². The predicted octanol–water partition coefficient (Wildman–Crippen LogP) is 7.40. The van der Waals surface area contributed by atoms with Crippen molar-refractivity contribution in [3.8, 4) is 0 Å². The Morgan fingerprint density at radius 2 is 1.46 bits per heavy atom. The van der Waals surface area contributed by atoms with Crippen LogP contribution in [0.1, 0.15) is 105 Å². The molecule has 0 fully saturated rings. The number of para-hydroxylation sites is 1. The molecule has 16 nitrogen and oxygen atoms in total. The molecule has 3 aromatic carbocycles. The molecular weight excluding hydrogens is 893 g/mol. The fourth-order valence-corrected chi connectivity index (χ4v) is 8.59. The summed E-state index contributed by atoms with van der Waals surface area (Å²) in [5.41, 5.74) is 3.75. The predicted molar refractivity (Wildman–Crippen MR) is 266 cm³/mol. The second-order valence-corrected chi connectivity index (χ2v) is 18.0. The summed E-state index contributed by atoms with van der Waals surface area (Å²) in [5.74, 6) is -5.49. The number of carbonyl (C=O) groups excluding carboxylic acids is 6. The Kier molecular flexibility index (Phi) is 20.5. The Bertz CT molecular complexity index is 2470. The van der Waals surface area contributed by atoms with E-state index in [1.165, 1.54) is 6.08 Å². The number of unbranched alkanes of at least 4 members (excludes halogenated alkanes) is 2. The van der Waals surface area contributed by atoms with Gasteiger partial charge in [0.1, 0.15) is 11.8 Å². The lowest BCUT2D eigenvalue weighted by Crippen LogP contribution is -2.52. The summed E-state index contributed by atoms with van der Waals surface area (Å²) < 4.78 is 0. The van der Waals surface area contributed by atoms with Gasteiger partial charge in [-0.05, 0) is 110 Å². The van der Waals surface area contributed by atoms with Gasteiger partial charge in [0.2, 0.25) is 17.7 Å². The van der Waals surface area contributed by atoms with Crippen LogP contribution in [0, 0.1) is 18.3 Å². The van der Waals surface area contributed by atoms with E-state index in [1.807, 2.05) is 62.4 Å². The van der Waals surface area contributed by atoms with E-state index in [9.17, 15) is 48.6 Å². The molecule has 5 amide bonds. The van der Waals surface area contributed by atoms with Gasteiger partial charge in [-0.25, -0.2) is 9.59 Å². The number of amides is 5. The van der Waals surface area contributed by atoms with Gasteiger partial charge in [0.05, 0.1) is 11.5 Å². The zero-order chi connectivity index (χ0) is 50.5. The number of carbonyl (C=O) groups is 8. The molecule has 0 saturated carbocycles. The van der Waals surface area contributed by atoms with E-state index in [-0.39, 0.29) is 82.4 Å². The normalized spacial score (nSPS) is 13.8. The zero-order valence-corrected chi connectivity index (χ0v) is 39.8. The van der Waals surface area contributed by atoms with Crippen molar-refractivity contribution in [2.75, 3.05) is 17.2 Å². The van der Waals surface area contributed by atoms with Crippen molar-refractivity contribution in [2.45, 2.75) is 116 Å². The number of fused-ring (bicyclic) bond motifs is 1. The number of Topliss-reactive ketones (excluding diaryl/α,β-unsaturated/α-hetero) is 2. The molecular formula is C54H64N6O10. The topological polar surface area (TPSA) is 250 Å². The van der Waals surface area contributed by atoms with Gasteiger partial charge in [-0.2, -0.15) is 0 Å². The fraction of sp³-hybridized carbons (Fsp3) is 0.389. The van der Waals surface area contributed by atoms with Gasteiger partial charge in [0, 0.05) is 68.0 Å². The van der Waals surface area contributed by atoms with Crippen LogP contribution in [0.15, 0.2) is 103 Å². The monoisotopic (exact) mass is 956 g/mol. The van der Waals surface area contributed by atoms with Crippen LogP contribution in [0.5, 0.6) is 0 Å². The fourth-order valence-electron chi connectivity index (χ4n) is 8.59. The van der Waals surface area contributed by atoms with Crippen molar-refractivity contribution in [1.82, 2.24) is 20.9 Å². The zero-order valence-electron chi connectivity index (χ0n) is 39.8. The van der Waals surface area contributed by atoms with Crippen molar-refractivity contribution in [3.05, 3.63) is 131 Å². The second-order valence-electron chi connectivity index (χ2n) is 18.0. The van der Waals surface area contributed by atoms with Crippen LogP contribution in [0.4, 0.5) is 16.2 Å². The molecule has 0 aliphatic heterocycles. The summed E-state index contributed by atoms with van der Waals surface area (Å²) in [6, 6.07) is 22.2. The molecule has 1 aliphatic carbocycles. The Labute approximate surface area is 408 Å². The molecule has 0 spiro atoms. The third-order valence-electron chi connectivity index (χ3n) is 12.5. The van der Waals surface area contributed by atoms with Crippen molar-refractivity contribution in [3.63, 3.8) is 0 Å². The molecule has 4 aromatic rings. The number of rotatable bonds is 28. The number of aryl methyl sites for hydroxylation is 1. The molecule has 370 valence electrons. The lowest BCUT2D eigenvalue weighted by Gasteiger charge is -2.31. The summed E-state index contributed by atoms with van der Waals surface area (Å²) in [6.07, 6.45) is 8.25. The number of carboxylic acid groups (broad SMARTS) is 2. The first-order valence-corrected chi connectivity index (χ1v) is 23.9. The van der Waals surface area contributed by atoms with Crippen molar-refractivity contribution in [2.24, 2.45) is 11.3 Å². The molecule has 5 rings (SSSR count). The van der Waals surface area contributed by atoms with E-state index in [4.69, 9.17) is 0 Å². The van der Waals surface area contributed by atoms with Crippen molar-refractivity contribution < 1.29 is 48.6 Å².